The van der Waals surface area contributed by atoms with Gasteiger partial charge in [0.2, 0.25) is 0 Å². The van der Waals surface area contributed by atoms with Gasteiger partial charge in [-0.25, -0.2) is 5.01 Å². The van der Waals surface area contributed by atoms with Crippen molar-refractivity contribution in [1.29, 1.82) is 0 Å². The molecule has 7 heteroatoms. The maximum Gasteiger partial charge on any atom is 0.573 e. The maximum atomic E-state index is 12.7. The van der Waals surface area contributed by atoms with Crippen LogP contribution in [0.5, 0.6) is 11.5 Å². The van der Waals surface area contributed by atoms with Gasteiger partial charge in [0.15, 0.2) is 0 Å². The van der Waals surface area contributed by atoms with E-state index in [4.69, 9.17) is 10.6 Å². The second-order valence-corrected chi connectivity index (χ2v) is 9.19. The maximum absolute atomic E-state index is 12.7. The molecule has 1 heterocycles. The van der Waals surface area contributed by atoms with Crippen molar-refractivity contribution in [2.45, 2.75) is 57.9 Å². The summed E-state index contributed by atoms with van der Waals surface area (Å²) >= 11 is 0. The average Bonchev–Trinajstić information content (AvgIpc) is 2.66. The van der Waals surface area contributed by atoms with Crippen molar-refractivity contribution in [3.63, 3.8) is 0 Å². The molecule has 0 bridgehead atoms. The zero-order valence-corrected chi connectivity index (χ0v) is 18.5. The molecule has 0 radical (unpaired) electrons. The number of methoxy groups -OCH3 is 1. The Morgan fingerprint density at radius 2 is 1.84 bits per heavy atom. The predicted molar refractivity (Wildman–Crippen MR) is 115 cm³/mol. The Bertz CT molecular complexity index is 893. The molecule has 4 nitrogen and oxygen atoms in total. The highest BCUT2D eigenvalue weighted by Crippen LogP contribution is 2.40. The molecule has 0 aliphatic carbocycles. The molecule has 2 N–H and O–H groups in total. The smallest absolute Gasteiger partial charge is 0.496 e. The van der Waals surface area contributed by atoms with Crippen LogP contribution >= 0.6 is 0 Å². The molecule has 2 atom stereocenters. The minimum Gasteiger partial charge on any atom is -0.496 e. The van der Waals surface area contributed by atoms with E-state index in [0.717, 1.165) is 36.1 Å². The van der Waals surface area contributed by atoms with E-state index in [-0.39, 0.29) is 23.1 Å². The third-order valence-corrected chi connectivity index (χ3v) is 5.86. The van der Waals surface area contributed by atoms with Crippen molar-refractivity contribution >= 4 is 0 Å². The van der Waals surface area contributed by atoms with Crippen molar-refractivity contribution in [2.75, 3.05) is 13.7 Å². The van der Waals surface area contributed by atoms with E-state index in [9.17, 15) is 13.2 Å². The van der Waals surface area contributed by atoms with Crippen LogP contribution in [0.25, 0.3) is 0 Å². The minimum atomic E-state index is -4.73. The largest absolute Gasteiger partial charge is 0.573 e. The molecule has 170 valence electrons. The summed E-state index contributed by atoms with van der Waals surface area (Å²) in [6.45, 7) is 7.17. The highest BCUT2D eigenvalue weighted by atomic mass is 19.4. The molecule has 0 aromatic heterocycles. The van der Waals surface area contributed by atoms with Gasteiger partial charge in [-0.2, -0.15) is 0 Å². The summed E-state index contributed by atoms with van der Waals surface area (Å²) in [7, 11) is 1.65. The zero-order chi connectivity index (χ0) is 22.8. The molecule has 1 fully saturated rings. The van der Waals surface area contributed by atoms with Gasteiger partial charge in [-0.1, -0.05) is 45.0 Å². The van der Waals surface area contributed by atoms with Gasteiger partial charge in [0, 0.05) is 6.54 Å². The van der Waals surface area contributed by atoms with Crippen LogP contribution in [-0.4, -0.2) is 25.0 Å². The summed E-state index contributed by atoms with van der Waals surface area (Å²) in [5, 5.41) is 1.74. The lowest BCUT2D eigenvalue weighted by atomic mass is 9.79. The minimum absolute atomic E-state index is 0.00381. The van der Waals surface area contributed by atoms with E-state index in [1.54, 1.807) is 18.2 Å². The fraction of sp³-hybridized carbons (Fsp3) is 0.500. The van der Waals surface area contributed by atoms with E-state index in [2.05, 4.69) is 37.6 Å². The molecule has 31 heavy (non-hydrogen) atoms. The lowest BCUT2D eigenvalue weighted by molar-refractivity contribution is -0.274. The Morgan fingerprint density at radius 3 is 2.48 bits per heavy atom. The third-order valence-electron chi connectivity index (χ3n) is 5.86. The van der Waals surface area contributed by atoms with Crippen LogP contribution in [0.1, 0.15) is 56.3 Å². The lowest BCUT2D eigenvalue weighted by Gasteiger charge is -2.39. The molecule has 1 unspecified atom stereocenters. The van der Waals surface area contributed by atoms with Crippen LogP contribution in [-0.2, 0) is 11.8 Å². The fourth-order valence-electron chi connectivity index (χ4n) is 4.36. The number of hydrogen-bond donors (Lipinski definition) is 1. The van der Waals surface area contributed by atoms with Crippen LogP contribution < -0.4 is 15.3 Å². The first-order chi connectivity index (χ1) is 14.5. The number of benzene rings is 2. The second-order valence-electron chi connectivity index (χ2n) is 9.19. The first-order valence-corrected chi connectivity index (χ1v) is 10.5. The Labute approximate surface area is 182 Å². The summed E-state index contributed by atoms with van der Waals surface area (Å²) in [4.78, 5) is 0. The quantitative estimate of drug-likeness (QED) is 0.606. The summed E-state index contributed by atoms with van der Waals surface area (Å²) in [6.07, 6.45) is -2.16. The second kappa shape index (κ2) is 9.09. The van der Waals surface area contributed by atoms with Crippen molar-refractivity contribution in [3.8, 4) is 11.5 Å². The molecule has 1 saturated heterocycles. The Morgan fingerprint density at radius 1 is 1.10 bits per heavy atom. The predicted octanol–water partition coefficient (Wildman–Crippen LogP) is 5.76. The number of rotatable bonds is 5. The van der Waals surface area contributed by atoms with Crippen molar-refractivity contribution in [1.82, 2.24) is 5.01 Å². The van der Waals surface area contributed by atoms with Crippen LogP contribution in [0.3, 0.4) is 0 Å². The molecule has 0 spiro atoms. The van der Waals surface area contributed by atoms with Crippen molar-refractivity contribution in [2.24, 2.45) is 11.8 Å². The highest BCUT2D eigenvalue weighted by Gasteiger charge is 2.34. The molecule has 0 saturated carbocycles. The zero-order valence-electron chi connectivity index (χ0n) is 18.5. The van der Waals surface area contributed by atoms with Gasteiger partial charge in [0.25, 0.3) is 0 Å². The molecular formula is C24H31F3N2O2. The molecule has 2 aromatic rings. The SMILES string of the molecule is COc1ccc(C(C)(C)C)cc1CC1CCCN(N)[C@@H]1c1cccc(OC(F)(F)F)c1. The number of alkyl halides is 3. The van der Waals surface area contributed by atoms with Gasteiger partial charge in [-0.15, -0.1) is 13.2 Å². The van der Waals surface area contributed by atoms with E-state index in [1.807, 2.05) is 12.1 Å². The van der Waals surface area contributed by atoms with Gasteiger partial charge < -0.3 is 9.47 Å². The normalized spacial score (nSPS) is 20.5. The molecule has 1 aliphatic rings. The standard InChI is InChI=1S/C24H31F3N2O2/c1-23(2,3)19-10-11-21(30-4)18(14-19)13-16-8-6-12-29(28)22(16)17-7-5-9-20(15-17)31-24(25,26)27/h5,7,9-11,14-16,22H,6,8,12-13,28H2,1-4H3/t16?,22-/m0/s1. The van der Waals surface area contributed by atoms with Crippen LogP contribution in [0.2, 0.25) is 0 Å². The Kier molecular flexibility index (Phi) is 6.86. The van der Waals surface area contributed by atoms with Gasteiger partial charge in [-0.3, -0.25) is 5.84 Å². The Hall–Kier alpha value is -2.25. The summed E-state index contributed by atoms with van der Waals surface area (Å²) in [5.74, 6) is 7.06. The summed E-state index contributed by atoms with van der Waals surface area (Å²) in [5.41, 5.74) is 3.01. The van der Waals surface area contributed by atoms with Gasteiger partial charge >= 0.3 is 6.36 Å². The topological polar surface area (TPSA) is 47.7 Å². The molecular weight excluding hydrogens is 405 g/mol. The van der Waals surface area contributed by atoms with E-state index < -0.39 is 6.36 Å². The lowest BCUT2D eigenvalue weighted by Crippen LogP contribution is -2.44. The van der Waals surface area contributed by atoms with Crippen molar-refractivity contribution < 1.29 is 22.6 Å². The van der Waals surface area contributed by atoms with E-state index in [0.29, 0.717) is 6.54 Å². The number of ether oxygens (including phenoxy) is 2. The molecule has 3 rings (SSSR count). The number of piperidine rings is 1. The number of nitrogens with zero attached hydrogens (tertiary/aromatic N) is 1. The van der Waals surface area contributed by atoms with Crippen LogP contribution in [0, 0.1) is 5.92 Å². The van der Waals surface area contributed by atoms with E-state index >= 15 is 0 Å². The molecule has 0 amide bonds. The summed E-state index contributed by atoms with van der Waals surface area (Å²) < 4.78 is 47.8. The first kappa shape index (κ1) is 23.4. The summed E-state index contributed by atoms with van der Waals surface area (Å²) in [6, 6.07) is 12.2. The fourth-order valence-corrected chi connectivity index (χ4v) is 4.36. The number of nitrogens with two attached hydrogens (primary N) is 1. The third kappa shape index (κ3) is 5.92. The molecule has 1 aliphatic heterocycles. The van der Waals surface area contributed by atoms with Gasteiger partial charge in [0.1, 0.15) is 11.5 Å². The first-order valence-electron chi connectivity index (χ1n) is 10.5. The van der Waals surface area contributed by atoms with Gasteiger partial charge in [-0.05, 0) is 65.5 Å². The Balaban J connectivity index is 1.93. The number of hydrazine groups is 1. The number of halogens is 3. The average molecular weight is 437 g/mol. The molecule has 2 aromatic carbocycles. The van der Waals surface area contributed by atoms with Crippen LogP contribution in [0.4, 0.5) is 13.2 Å². The van der Waals surface area contributed by atoms with Gasteiger partial charge in [0.05, 0.1) is 13.2 Å². The van der Waals surface area contributed by atoms with Crippen molar-refractivity contribution in [3.05, 3.63) is 59.2 Å². The number of hydrogen-bond acceptors (Lipinski definition) is 4. The monoisotopic (exact) mass is 436 g/mol. The van der Waals surface area contributed by atoms with E-state index in [1.165, 1.54) is 17.7 Å². The van der Waals surface area contributed by atoms with Crippen LogP contribution in [0.15, 0.2) is 42.5 Å². The highest BCUT2D eigenvalue weighted by molar-refractivity contribution is 5.40.